The Morgan fingerprint density at radius 1 is 1.35 bits per heavy atom. The Morgan fingerprint density at radius 3 is 2.47 bits per heavy atom. The Labute approximate surface area is 106 Å². The van der Waals surface area contributed by atoms with Crippen LogP contribution < -0.4 is 15.2 Å². The first-order valence-electron chi connectivity index (χ1n) is 5.40. The molecule has 4 nitrogen and oxygen atoms in total. The highest BCUT2D eigenvalue weighted by atomic mass is 35.5. The fraction of sp³-hybridized carbons (Fsp3) is 0.500. The zero-order valence-electron chi connectivity index (χ0n) is 10.2. The zero-order valence-corrected chi connectivity index (χ0v) is 11.0. The quantitative estimate of drug-likeness (QED) is 0.850. The van der Waals surface area contributed by atoms with E-state index in [1.54, 1.807) is 12.1 Å². The van der Waals surface area contributed by atoms with Crippen LogP contribution in [-0.4, -0.2) is 25.4 Å². The summed E-state index contributed by atoms with van der Waals surface area (Å²) in [5, 5.41) is 10.1. The number of hydrogen-bond acceptors (Lipinski definition) is 4. The zero-order chi connectivity index (χ0) is 13.0. The standard InChI is InChI=1S/C12H18ClNO3/c1-4-8(15)11(14)7-5-6-9(16-2)12(17-3)10(7)13/h5-6,8,11,15H,4,14H2,1-3H3/t8-,11+/m0/s1. The Kier molecular flexibility index (Phi) is 5.05. The summed E-state index contributed by atoms with van der Waals surface area (Å²) in [6.07, 6.45) is -0.0724. The van der Waals surface area contributed by atoms with Crippen molar-refractivity contribution in [3.05, 3.63) is 22.7 Å². The summed E-state index contributed by atoms with van der Waals surface area (Å²) in [5.74, 6) is 0.977. The van der Waals surface area contributed by atoms with Crippen molar-refractivity contribution in [1.29, 1.82) is 0 Å². The summed E-state index contributed by atoms with van der Waals surface area (Å²) in [4.78, 5) is 0. The largest absolute Gasteiger partial charge is 0.493 e. The third-order valence-electron chi connectivity index (χ3n) is 2.71. The van der Waals surface area contributed by atoms with E-state index in [0.717, 1.165) is 0 Å². The van der Waals surface area contributed by atoms with E-state index in [4.69, 9.17) is 26.8 Å². The molecular weight excluding hydrogens is 242 g/mol. The van der Waals surface area contributed by atoms with Gasteiger partial charge in [0.25, 0.3) is 0 Å². The first-order valence-corrected chi connectivity index (χ1v) is 5.78. The number of benzene rings is 1. The van der Waals surface area contributed by atoms with E-state index in [1.165, 1.54) is 14.2 Å². The third kappa shape index (κ3) is 2.83. The van der Waals surface area contributed by atoms with Crippen molar-refractivity contribution in [1.82, 2.24) is 0 Å². The van der Waals surface area contributed by atoms with Crippen LogP contribution in [0, 0.1) is 0 Å². The van der Waals surface area contributed by atoms with Gasteiger partial charge in [-0.1, -0.05) is 24.6 Å². The van der Waals surface area contributed by atoms with Gasteiger partial charge in [0.1, 0.15) is 0 Å². The summed E-state index contributed by atoms with van der Waals surface area (Å²) in [5.41, 5.74) is 6.59. The molecule has 1 aromatic rings. The van der Waals surface area contributed by atoms with Crippen LogP contribution in [0.25, 0.3) is 0 Å². The molecule has 0 fully saturated rings. The lowest BCUT2D eigenvalue weighted by Gasteiger charge is -2.20. The second kappa shape index (κ2) is 6.10. The van der Waals surface area contributed by atoms with Gasteiger partial charge in [0, 0.05) is 0 Å². The van der Waals surface area contributed by atoms with Crippen molar-refractivity contribution in [3.8, 4) is 11.5 Å². The molecule has 0 unspecified atom stereocenters. The maximum absolute atomic E-state index is 9.74. The highest BCUT2D eigenvalue weighted by Crippen LogP contribution is 2.39. The second-order valence-corrected chi connectivity index (χ2v) is 4.08. The Morgan fingerprint density at radius 2 is 2.00 bits per heavy atom. The smallest absolute Gasteiger partial charge is 0.179 e. The lowest BCUT2D eigenvalue weighted by atomic mass is 10.00. The SMILES string of the molecule is CC[C@H](O)[C@H](N)c1ccc(OC)c(OC)c1Cl. The molecule has 0 spiro atoms. The highest BCUT2D eigenvalue weighted by Gasteiger charge is 2.21. The van der Waals surface area contributed by atoms with Crippen LogP contribution in [0.2, 0.25) is 5.02 Å². The Hall–Kier alpha value is -0.970. The number of aliphatic hydroxyl groups excluding tert-OH is 1. The molecular formula is C12H18ClNO3. The summed E-state index contributed by atoms with van der Waals surface area (Å²) in [6.45, 7) is 1.86. The predicted octanol–water partition coefficient (Wildman–Crippen LogP) is 2.13. The molecule has 0 bridgehead atoms. The highest BCUT2D eigenvalue weighted by molar-refractivity contribution is 6.33. The third-order valence-corrected chi connectivity index (χ3v) is 3.10. The minimum Gasteiger partial charge on any atom is -0.493 e. The average Bonchev–Trinajstić information content (AvgIpc) is 2.36. The van der Waals surface area contributed by atoms with Gasteiger partial charge in [0.2, 0.25) is 0 Å². The van der Waals surface area contributed by atoms with Crippen LogP contribution in [0.4, 0.5) is 0 Å². The second-order valence-electron chi connectivity index (χ2n) is 3.71. The number of ether oxygens (including phenoxy) is 2. The lowest BCUT2D eigenvalue weighted by Crippen LogP contribution is -2.25. The lowest BCUT2D eigenvalue weighted by molar-refractivity contribution is 0.140. The maximum atomic E-state index is 9.74. The molecule has 0 radical (unpaired) electrons. The molecule has 96 valence electrons. The van der Waals surface area contributed by atoms with Crippen LogP contribution in [0.15, 0.2) is 12.1 Å². The van der Waals surface area contributed by atoms with E-state index in [0.29, 0.717) is 28.5 Å². The summed E-state index contributed by atoms with van der Waals surface area (Å²) >= 11 is 6.19. The van der Waals surface area contributed by atoms with Crippen molar-refractivity contribution >= 4 is 11.6 Å². The van der Waals surface area contributed by atoms with E-state index >= 15 is 0 Å². The normalized spacial score (nSPS) is 14.2. The van der Waals surface area contributed by atoms with Crippen LogP contribution in [-0.2, 0) is 0 Å². The molecule has 1 rings (SSSR count). The molecule has 0 amide bonds. The number of hydrogen-bond donors (Lipinski definition) is 2. The van der Waals surface area contributed by atoms with Gasteiger partial charge in [-0.2, -0.15) is 0 Å². The monoisotopic (exact) mass is 259 g/mol. The molecule has 0 aliphatic rings. The summed E-state index contributed by atoms with van der Waals surface area (Å²) < 4.78 is 10.3. The Balaban J connectivity index is 3.18. The fourth-order valence-corrected chi connectivity index (χ4v) is 1.98. The van der Waals surface area contributed by atoms with E-state index in [-0.39, 0.29) is 0 Å². The first-order chi connectivity index (χ1) is 8.06. The first kappa shape index (κ1) is 14.1. The van der Waals surface area contributed by atoms with Crippen molar-refractivity contribution < 1.29 is 14.6 Å². The van der Waals surface area contributed by atoms with Gasteiger partial charge in [-0.15, -0.1) is 0 Å². The maximum Gasteiger partial charge on any atom is 0.179 e. The molecule has 0 heterocycles. The van der Waals surface area contributed by atoms with Crippen molar-refractivity contribution in [3.63, 3.8) is 0 Å². The minimum atomic E-state index is -0.634. The fourth-order valence-electron chi connectivity index (χ4n) is 1.62. The van der Waals surface area contributed by atoms with Gasteiger partial charge in [0.15, 0.2) is 11.5 Å². The van der Waals surface area contributed by atoms with E-state index in [2.05, 4.69) is 0 Å². The van der Waals surface area contributed by atoms with Crippen LogP contribution in [0.5, 0.6) is 11.5 Å². The molecule has 17 heavy (non-hydrogen) atoms. The predicted molar refractivity (Wildman–Crippen MR) is 67.8 cm³/mol. The number of rotatable bonds is 5. The summed E-state index contributed by atoms with van der Waals surface area (Å²) in [6, 6.07) is 2.93. The molecule has 2 atom stereocenters. The number of aliphatic hydroxyl groups is 1. The van der Waals surface area contributed by atoms with E-state index < -0.39 is 12.1 Å². The average molecular weight is 260 g/mol. The molecule has 0 saturated carbocycles. The molecule has 5 heteroatoms. The van der Waals surface area contributed by atoms with Crippen molar-refractivity contribution in [2.24, 2.45) is 5.73 Å². The van der Waals surface area contributed by atoms with E-state index in [9.17, 15) is 5.11 Å². The minimum absolute atomic E-state index is 0.381. The van der Waals surface area contributed by atoms with Gasteiger partial charge in [-0.25, -0.2) is 0 Å². The van der Waals surface area contributed by atoms with Crippen LogP contribution in [0.3, 0.4) is 0 Å². The number of methoxy groups -OCH3 is 2. The van der Waals surface area contributed by atoms with Gasteiger partial charge >= 0.3 is 0 Å². The van der Waals surface area contributed by atoms with Crippen LogP contribution in [0.1, 0.15) is 24.9 Å². The van der Waals surface area contributed by atoms with E-state index in [1.807, 2.05) is 6.92 Å². The summed E-state index contributed by atoms with van der Waals surface area (Å²) in [7, 11) is 3.05. The van der Waals surface area contributed by atoms with Gasteiger partial charge < -0.3 is 20.3 Å². The molecule has 1 aromatic carbocycles. The van der Waals surface area contributed by atoms with Crippen molar-refractivity contribution in [2.45, 2.75) is 25.5 Å². The van der Waals surface area contributed by atoms with Gasteiger partial charge in [0.05, 0.1) is 31.4 Å². The van der Waals surface area contributed by atoms with Gasteiger partial charge in [-0.05, 0) is 18.1 Å². The molecule has 0 aliphatic carbocycles. The molecule has 0 aliphatic heterocycles. The molecule has 0 saturated heterocycles. The van der Waals surface area contributed by atoms with Crippen molar-refractivity contribution in [2.75, 3.05) is 14.2 Å². The number of nitrogens with two attached hydrogens (primary N) is 1. The van der Waals surface area contributed by atoms with Crippen LogP contribution >= 0.6 is 11.6 Å². The molecule has 0 aromatic heterocycles. The Bertz CT molecular complexity index is 384. The molecule has 3 N–H and O–H groups in total. The number of halogens is 1. The topological polar surface area (TPSA) is 64.7 Å². The van der Waals surface area contributed by atoms with Gasteiger partial charge in [-0.3, -0.25) is 0 Å².